The monoisotopic (exact) mass is 391 g/mol. The van der Waals surface area contributed by atoms with E-state index in [1.165, 1.54) is 93.4 Å². The van der Waals surface area contributed by atoms with Crippen LogP contribution in [-0.4, -0.2) is 27.6 Å². The molecule has 29 heavy (non-hydrogen) atoms. The predicted octanol–water partition coefficient (Wildman–Crippen LogP) is 5.26. The van der Waals surface area contributed by atoms with Gasteiger partial charge in [-0.25, -0.2) is 14.8 Å². The van der Waals surface area contributed by atoms with E-state index in [4.69, 9.17) is 0 Å². The van der Waals surface area contributed by atoms with Crippen LogP contribution in [-0.2, 0) is 12.8 Å². The Kier molecular flexibility index (Phi) is 4.98. The molecule has 1 aromatic carbocycles. The van der Waals surface area contributed by atoms with Crippen LogP contribution in [0.15, 0.2) is 24.5 Å². The van der Waals surface area contributed by atoms with Gasteiger partial charge in [0, 0.05) is 24.6 Å². The van der Waals surface area contributed by atoms with Crippen molar-refractivity contribution in [3.05, 3.63) is 46.8 Å². The molecule has 1 saturated carbocycles. The van der Waals surface area contributed by atoms with Crippen LogP contribution < -0.4 is 4.90 Å². The SMILES string of the molecule is O=C(O)c1cnc(N(CC2CC2)c2cc3c4c(c2)CCCCC4CCCC3)nc1. The van der Waals surface area contributed by atoms with Gasteiger partial charge in [0.25, 0.3) is 0 Å². The zero-order valence-corrected chi connectivity index (χ0v) is 16.9. The molecule has 5 nitrogen and oxygen atoms in total. The van der Waals surface area contributed by atoms with E-state index >= 15 is 0 Å². The average molecular weight is 392 g/mol. The van der Waals surface area contributed by atoms with Gasteiger partial charge in [-0.2, -0.15) is 0 Å². The molecule has 1 heterocycles. The van der Waals surface area contributed by atoms with Crippen molar-refractivity contribution in [2.75, 3.05) is 11.4 Å². The van der Waals surface area contributed by atoms with E-state index < -0.39 is 5.97 Å². The maximum Gasteiger partial charge on any atom is 0.338 e. The van der Waals surface area contributed by atoms with E-state index in [1.807, 2.05) is 0 Å². The molecule has 1 fully saturated rings. The quantitative estimate of drug-likeness (QED) is 0.753. The van der Waals surface area contributed by atoms with Crippen LogP contribution >= 0.6 is 0 Å². The van der Waals surface area contributed by atoms with Crippen LogP contribution in [0.25, 0.3) is 0 Å². The second-order valence-electron chi connectivity index (χ2n) is 9.00. The number of rotatable bonds is 5. The molecule has 0 radical (unpaired) electrons. The third-order valence-corrected chi connectivity index (χ3v) is 6.82. The van der Waals surface area contributed by atoms with Gasteiger partial charge in [-0.15, -0.1) is 0 Å². The summed E-state index contributed by atoms with van der Waals surface area (Å²) in [4.78, 5) is 22.3. The first-order valence-electron chi connectivity index (χ1n) is 11.2. The van der Waals surface area contributed by atoms with E-state index in [1.54, 1.807) is 5.56 Å². The minimum atomic E-state index is -0.984. The minimum absolute atomic E-state index is 0.136. The molecular weight excluding hydrogens is 362 g/mol. The van der Waals surface area contributed by atoms with Gasteiger partial charge in [-0.1, -0.05) is 12.8 Å². The van der Waals surface area contributed by atoms with Crippen molar-refractivity contribution in [1.29, 1.82) is 0 Å². The second-order valence-corrected chi connectivity index (χ2v) is 9.00. The molecule has 2 aromatic rings. The fourth-order valence-electron chi connectivity index (χ4n) is 5.13. The molecule has 1 aromatic heterocycles. The molecule has 5 heteroatoms. The molecule has 0 saturated heterocycles. The van der Waals surface area contributed by atoms with Gasteiger partial charge < -0.3 is 10.0 Å². The zero-order chi connectivity index (χ0) is 19.8. The number of aromatic carboxylic acids is 1. The highest BCUT2D eigenvalue weighted by molar-refractivity contribution is 5.86. The molecule has 0 unspecified atom stereocenters. The van der Waals surface area contributed by atoms with Crippen molar-refractivity contribution in [2.45, 2.75) is 70.1 Å². The lowest BCUT2D eigenvalue weighted by molar-refractivity contribution is 0.0696. The predicted molar refractivity (Wildman–Crippen MR) is 113 cm³/mol. The number of nitrogens with zero attached hydrogens (tertiary/aromatic N) is 3. The first kappa shape index (κ1) is 18.6. The Balaban J connectivity index is 1.56. The van der Waals surface area contributed by atoms with Crippen LogP contribution in [0.3, 0.4) is 0 Å². The summed E-state index contributed by atoms with van der Waals surface area (Å²) >= 11 is 0. The molecule has 0 spiro atoms. The molecule has 0 bridgehead atoms. The molecule has 0 aliphatic heterocycles. The van der Waals surface area contributed by atoms with Crippen LogP contribution in [0.2, 0.25) is 0 Å². The summed E-state index contributed by atoms with van der Waals surface area (Å²) in [5, 5.41) is 9.18. The summed E-state index contributed by atoms with van der Waals surface area (Å²) in [6.45, 7) is 0.911. The third kappa shape index (κ3) is 3.87. The molecule has 152 valence electrons. The fraction of sp³-hybridized carbons (Fsp3) is 0.542. The van der Waals surface area contributed by atoms with Gasteiger partial charge in [0.1, 0.15) is 0 Å². The van der Waals surface area contributed by atoms with Gasteiger partial charge in [-0.3, -0.25) is 0 Å². The minimum Gasteiger partial charge on any atom is -0.478 e. The van der Waals surface area contributed by atoms with Crippen molar-refractivity contribution in [3.8, 4) is 0 Å². The van der Waals surface area contributed by atoms with Crippen molar-refractivity contribution < 1.29 is 9.90 Å². The van der Waals surface area contributed by atoms with E-state index in [9.17, 15) is 9.90 Å². The van der Waals surface area contributed by atoms with Crippen LogP contribution in [0.4, 0.5) is 11.6 Å². The van der Waals surface area contributed by atoms with E-state index in [0.717, 1.165) is 12.5 Å². The van der Waals surface area contributed by atoms with E-state index in [2.05, 4.69) is 27.0 Å². The summed E-state index contributed by atoms with van der Waals surface area (Å²) in [5.41, 5.74) is 6.04. The van der Waals surface area contributed by atoms with Crippen LogP contribution in [0, 0.1) is 5.92 Å². The highest BCUT2D eigenvalue weighted by Crippen LogP contribution is 2.42. The van der Waals surface area contributed by atoms with Gasteiger partial charge in [0.05, 0.1) is 5.56 Å². The maximum absolute atomic E-state index is 11.2. The maximum atomic E-state index is 11.2. The number of carboxylic acids is 1. The number of hydrogen-bond acceptors (Lipinski definition) is 4. The lowest BCUT2D eigenvalue weighted by Gasteiger charge is -2.26. The Morgan fingerprint density at radius 3 is 2.14 bits per heavy atom. The van der Waals surface area contributed by atoms with Crippen LogP contribution in [0.1, 0.15) is 84.3 Å². The molecule has 3 aliphatic carbocycles. The average Bonchev–Trinajstić information content (AvgIpc) is 3.57. The summed E-state index contributed by atoms with van der Waals surface area (Å²) in [5.74, 6) is 1.06. The number of aromatic nitrogens is 2. The fourth-order valence-corrected chi connectivity index (χ4v) is 5.13. The van der Waals surface area contributed by atoms with Gasteiger partial charge in [0.2, 0.25) is 5.95 Å². The van der Waals surface area contributed by atoms with E-state index in [0.29, 0.717) is 11.9 Å². The summed E-state index contributed by atoms with van der Waals surface area (Å²) < 4.78 is 0. The van der Waals surface area contributed by atoms with E-state index in [-0.39, 0.29) is 5.56 Å². The lowest BCUT2D eigenvalue weighted by Crippen LogP contribution is -2.23. The Morgan fingerprint density at radius 2 is 1.59 bits per heavy atom. The Bertz CT molecular complexity index is 872. The van der Waals surface area contributed by atoms with Crippen molar-refractivity contribution in [3.63, 3.8) is 0 Å². The third-order valence-electron chi connectivity index (χ3n) is 6.82. The standard InChI is InChI=1S/C24H29N3O2/c28-23(29)20-13-25-24(26-14-20)27(15-16-9-10-16)21-11-18-7-3-1-5-17-6-2-4-8-19(12-21)22(17)18/h11-14,16-17H,1-10,15H2,(H,28,29). The largest absolute Gasteiger partial charge is 0.478 e. The first-order valence-corrected chi connectivity index (χ1v) is 11.2. The van der Waals surface area contributed by atoms with Crippen molar-refractivity contribution in [2.24, 2.45) is 5.92 Å². The molecule has 3 aliphatic rings. The number of carboxylic acid groups (broad SMARTS) is 1. The number of carbonyl (C=O) groups is 1. The number of hydrogen-bond donors (Lipinski definition) is 1. The Labute approximate surface area is 172 Å². The summed E-state index contributed by atoms with van der Waals surface area (Å²) in [6.07, 6.45) is 15.6. The summed E-state index contributed by atoms with van der Waals surface area (Å²) in [6, 6.07) is 4.78. The summed E-state index contributed by atoms with van der Waals surface area (Å²) in [7, 11) is 0. The number of benzene rings is 1. The Morgan fingerprint density at radius 1 is 0.966 bits per heavy atom. The Hall–Kier alpha value is -2.43. The van der Waals surface area contributed by atoms with Gasteiger partial charge >= 0.3 is 5.97 Å². The first-order chi connectivity index (χ1) is 14.2. The molecular formula is C24H29N3O2. The molecule has 5 rings (SSSR count). The molecule has 1 N–H and O–H groups in total. The second kappa shape index (κ2) is 7.77. The lowest BCUT2D eigenvalue weighted by atomic mass is 9.86. The topological polar surface area (TPSA) is 66.3 Å². The van der Waals surface area contributed by atoms with Crippen molar-refractivity contribution >= 4 is 17.6 Å². The highest BCUT2D eigenvalue weighted by Gasteiger charge is 2.29. The number of aryl methyl sites for hydroxylation is 2. The number of anilines is 2. The zero-order valence-electron chi connectivity index (χ0n) is 16.9. The molecule has 0 atom stereocenters. The highest BCUT2D eigenvalue weighted by atomic mass is 16.4. The normalized spacial score (nSPS) is 19.2. The smallest absolute Gasteiger partial charge is 0.338 e. The van der Waals surface area contributed by atoms with Crippen LogP contribution in [0.5, 0.6) is 0 Å². The van der Waals surface area contributed by atoms with Gasteiger partial charge in [0.15, 0.2) is 0 Å². The van der Waals surface area contributed by atoms with Crippen molar-refractivity contribution in [1.82, 2.24) is 9.97 Å². The van der Waals surface area contributed by atoms with Gasteiger partial charge in [-0.05, 0) is 92.0 Å². The molecule has 0 amide bonds.